The summed E-state index contributed by atoms with van der Waals surface area (Å²) in [5.41, 5.74) is 1.24. The molecule has 0 aromatic heterocycles. The summed E-state index contributed by atoms with van der Waals surface area (Å²) in [7, 11) is 1.85. The maximum absolute atomic E-state index is 13.5. The van der Waals surface area contributed by atoms with Gasteiger partial charge in [-0.1, -0.05) is 36.4 Å². The molecule has 0 heterocycles. The van der Waals surface area contributed by atoms with Crippen molar-refractivity contribution in [3.8, 4) is 0 Å². The summed E-state index contributed by atoms with van der Waals surface area (Å²) < 4.78 is 26.9. The third kappa shape index (κ3) is 3.14. The Morgan fingerprint density at radius 2 is 1.17 bits per heavy atom. The van der Waals surface area contributed by atoms with Crippen LogP contribution in [0.1, 0.15) is 11.1 Å². The minimum absolute atomic E-state index is 0.224. The highest BCUT2D eigenvalue weighted by Gasteiger charge is 2.07. The fraction of sp³-hybridized carbons (Fsp3) is 0.200. The van der Waals surface area contributed by atoms with Gasteiger partial charge in [0, 0.05) is 24.2 Å². The summed E-state index contributed by atoms with van der Waals surface area (Å²) in [6.07, 6.45) is 0. The Balaban J connectivity index is 2.04. The molecule has 18 heavy (non-hydrogen) atoms. The molecule has 0 N–H and O–H groups in total. The van der Waals surface area contributed by atoms with Crippen molar-refractivity contribution in [2.75, 3.05) is 7.05 Å². The van der Waals surface area contributed by atoms with Crippen molar-refractivity contribution in [1.82, 2.24) is 4.90 Å². The van der Waals surface area contributed by atoms with Crippen molar-refractivity contribution in [2.45, 2.75) is 13.1 Å². The summed E-state index contributed by atoms with van der Waals surface area (Å²) >= 11 is 0. The Kier molecular flexibility index (Phi) is 4.05. The van der Waals surface area contributed by atoms with E-state index in [1.54, 1.807) is 36.4 Å². The first kappa shape index (κ1) is 12.7. The van der Waals surface area contributed by atoms with Crippen molar-refractivity contribution in [3.63, 3.8) is 0 Å². The van der Waals surface area contributed by atoms with E-state index in [4.69, 9.17) is 0 Å². The van der Waals surface area contributed by atoms with Crippen molar-refractivity contribution < 1.29 is 8.78 Å². The van der Waals surface area contributed by atoms with Gasteiger partial charge < -0.3 is 0 Å². The second kappa shape index (κ2) is 5.74. The van der Waals surface area contributed by atoms with E-state index in [1.807, 2.05) is 11.9 Å². The highest BCUT2D eigenvalue weighted by atomic mass is 19.1. The first-order valence-electron chi connectivity index (χ1n) is 5.82. The molecule has 0 unspecified atom stereocenters. The fourth-order valence-electron chi connectivity index (χ4n) is 1.89. The topological polar surface area (TPSA) is 3.24 Å². The van der Waals surface area contributed by atoms with Crippen LogP contribution in [0.5, 0.6) is 0 Å². The first-order chi connectivity index (χ1) is 8.66. The third-order valence-corrected chi connectivity index (χ3v) is 2.80. The van der Waals surface area contributed by atoms with Crippen LogP contribution in [0.4, 0.5) is 8.78 Å². The number of nitrogens with zero attached hydrogens (tertiary/aromatic N) is 1. The molecule has 0 radical (unpaired) electrons. The van der Waals surface area contributed by atoms with Crippen LogP contribution in [0.3, 0.4) is 0 Å². The molecule has 0 atom stereocenters. The van der Waals surface area contributed by atoms with Gasteiger partial charge in [-0.05, 0) is 19.2 Å². The zero-order chi connectivity index (χ0) is 13.0. The van der Waals surface area contributed by atoms with Gasteiger partial charge in [-0.25, -0.2) is 8.78 Å². The van der Waals surface area contributed by atoms with Gasteiger partial charge in [0.05, 0.1) is 0 Å². The summed E-state index contributed by atoms with van der Waals surface area (Å²) in [6, 6.07) is 13.3. The molecule has 0 aliphatic rings. The summed E-state index contributed by atoms with van der Waals surface area (Å²) in [4.78, 5) is 1.89. The number of benzene rings is 2. The Morgan fingerprint density at radius 3 is 1.56 bits per heavy atom. The summed E-state index contributed by atoms with van der Waals surface area (Å²) in [5, 5.41) is 0. The molecule has 0 bridgehead atoms. The molecule has 0 saturated carbocycles. The van der Waals surface area contributed by atoms with Gasteiger partial charge in [-0.2, -0.15) is 0 Å². The van der Waals surface area contributed by atoms with Crippen molar-refractivity contribution >= 4 is 0 Å². The number of hydrogen-bond donors (Lipinski definition) is 0. The number of hydrogen-bond acceptors (Lipinski definition) is 1. The van der Waals surface area contributed by atoms with Crippen LogP contribution in [0.15, 0.2) is 48.5 Å². The lowest BCUT2D eigenvalue weighted by Gasteiger charge is -2.17. The van der Waals surface area contributed by atoms with E-state index in [9.17, 15) is 8.78 Å². The van der Waals surface area contributed by atoms with Crippen LogP contribution in [-0.2, 0) is 13.1 Å². The maximum Gasteiger partial charge on any atom is 0.127 e. The van der Waals surface area contributed by atoms with E-state index in [1.165, 1.54) is 12.1 Å². The highest BCUT2D eigenvalue weighted by molar-refractivity contribution is 5.19. The van der Waals surface area contributed by atoms with Crippen molar-refractivity contribution in [1.29, 1.82) is 0 Å². The minimum atomic E-state index is -0.224. The molecule has 3 heteroatoms. The molecule has 2 rings (SSSR count). The average Bonchev–Trinajstić information content (AvgIpc) is 2.35. The predicted molar refractivity (Wildman–Crippen MR) is 68.0 cm³/mol. The van der Waals surface area contributed by atoms with Gasteiger partial charge in [-0.3, -0.25) is 4.90 Å². The smallest absolute Gasteiger partial charge is 0.127 e. The van der Waals surface area contributed by atoms with Crippen LogP contribution in [0, 0.1) is 11.6 Å². The molecule has 0 spiro atoms. The van der Waals surface area contributed by atoms with E-state index < -0.39 is 0 Å². The van der Waals surface area contributed by atoms with E-state index in [-0.39, 0.29) is 11.6 Å². The number of halogens is 2. The molecule has 0 fully saturated rings. The molecule has 0 saturated heterocycles. The van der Waals surface area contributed by atoms with E-state index in [2.05, 4.69) is 0 Å². The Labute approximate surface area is 106 Å². The zero-order valence-corrected chi connectivity index (χ0v) is 10.2. The molecule has 2 aromatic carbocycles. The number of rotatable bonds is 4. The van der Waals surface area contributed by atoms with Gasteiger partial charge in [0.25, 0.3) is 0 Å². The van der Waals surface area contributed by atoms with Crippen LogP contribution in [0.2, 0.25) is 0 Å². The standard InChI is InChI=1S/C15H15F2N/c1-18(10-12-6-2-4-8-14(12)16)11-13-7-3-5-9-15(13)17/h2-9H,10-11H2,1H3. The van der Waals surface area contributed by atoms with Gasteiger partial charge in [0.2, 0.25) is 0 Å². The lowest BCUT2D eigenvalue weighted by molar-refractivity contribution is 0.308. The van der Waals surface area contributed by atoms with E-state index in [0.29, 0.717) is 24.2 Å². The average molecular weight is 247 g/mol. The SMILES string of the molecule is CN(Cc1ccccc1F)Cc1ccccc1F. The van der Waals surface area contributed by atoms with Crippen molar-refractivity contribution in [2.24, 2.45) is 0 Å². The molecular weight excluding hydrogens is 232 g/mol. The fourth-order valence-corrected chi connectivity index (χ4v) is 1.89. The first-order valence-corrected chi connectivity index (χ1v) is 5.82. The van der Waals surface area contributed by atoms with Crippen molar-refractivity contribution in [3.05, 3.63) is 71.3 Å². The monoisotopic (exact) mass is 247 g/mol. The Bertz CT molecular complexity index is 478. The quantitative estimate of drug-likeness (QED) is 0.798. The van der Waals surface area contributed by atoms with Crippen LogP contribution < -0.4 is 0 Å². The van der Waals surface area contributed by atoms with Gasteiger partial charge >= 0.3 is 0 Å². The second-order valence-electron chi connectivity index (χ2n) is 4.36. The molecule has 0 amide bonds. The Morgan fingerprint density at radius 1 is 0.778 bits per heavy atom. The molecule has 0 aliphatic heterocycles. The maximum atomic E-state index is 13.5. The van der Waals surface area contributed by atoms with Crippen LogP contribution in [0.25, 0.3) is 0 Å². The van der Waals surface area contributed by atoms with Gasteiger partial charge in [0.1, 0.15) is 11.6 Å². The van der Waals surface area contributed by atoms with E-state index in [0.717, 1.165) is 0 Å². The largest absolute Gasteiger partial charge is 0.298 e. The van der Waals surface area contributed by atoms with E-state index >= 15 is 0 Å². The molecule has 94 valence electrons. The lowest BCUT2D eigenvalue weighted by Crippen LogP contribution is -2.18. The minimum Gasteiger partial charge on any atom is -0.298 e. The third-order valence-electron chi connectivity index (χ3n) is 2.80. The van der Waals surface area contributed by atoms with Crippen LogP contribution in [-0.4, -0.2) is 11.9 Å². The zero-order valence-electron chi connectivity index (χ0n) is 10.2. The normalized spacial score (nSPS) is 10.9. The molecule has 0 aliphatic carbocycles. The summed E-state index contributed by atoms with van der Waals surface area (Å²) in [5.74, 6) is -0.448. The van der Waals surface area contributed by atoms with Gasteiger partial charge in [0.15, 0.2) is 0 Å². The summed E-state index contributed by atoms with van der Waals surface area (Å²) in [6.45, 7) is 0.919. The Hall–Kier alpha value is -1.74. The molecular formula is C15H15F2N. The lowest BCUT2D eigenvalue weighted by atomic mass is 10.1. The van der Waals surface area contributed by atoms with Gasteiger partial charge in [-0.15, -0.1) is 0 Å². The highest BCUT2D eigenvalue weighted by Crippen LogP contribution is 2.13. The molecule has 2 aromatic rings. The van der Waals surface area contributed by atoms with Crippen LogP contribution >= 0.6 is 0 Å². The molecule has 1 nitrogen and oxygen atoms in total. The predicted octanol–water partition coefficient (Wildman–Crippen LogP) is 3.60. The second-order valence-corrected chi connectivity index (χ2v) is 4.36.